The van der Waals surface area contributed by atoms with E-state index in [2.05, 4.69) is 21.2 Å². The molecule has 0 fully saturated rings. The van der Waals surface area contributed by atoms with E-state index in [-0.39, 0.29) is 17.3 Å². The standard InChI is InChI=1S/C27H30BrN3O4S/c1-19-14-20(2)16-24(15-19)31(36(34,35)25-8-6-5-7-9-25)18-26(32)30(21(3)27(33)29-4)17-22-10-12-23(28)13-11-22/h5-16,21H,17-18H2,1-4H3,(H,29,33)/t21-/m0/s1. The highest BCUT2D eigenvalue weighted by molar-refractivity contribution is 9.10. The van der Waals surface area contributed by atoms with E-state index in [1.165, 1.54) is 24.1 Å². The monoisotopic (exact) mass is 571 g/mol. The Hall–Kier alpha value is -3.17. The smallest absolute Gasteiger partial charge is 0.264 e. The topological polar surface area (TPSA) is 86.8 Å². The second-order valence-electron chi connectivity index (χ2n) is 8.61. The van der Waals surface area contributed by atoms with Crippen molar-refractivity contribution >= 4 is 43.5 Å². The molecule has 3 aromatic rings. The molecule has 0 bridgehead atoms. The highest BCUT2D eigenvalue weighted by Crippen LogP contribution is 2.26. The van der Waals surface area contributed by atoms with Crippen molar-refractivity contribution in [1.29, 1.82) is 0 Å². The Labute approximate surface area is 221 Å². The average Bonchev–Trinajstić information content (AvgIpc) is 2.85. The number of benzene rings is 3. The maximum absolute atomic E-state index is 13.7. The molecule has 9 heteroatoms. The summed E-state index contributed by atoms with van der Waals surface area (Å²) in [7, 11) is -2.56. The second kappa shape index (κ2) is 11.7. The van der Waals surface area contributed by atoms with Crippen molar-refractivity contribution in [3.05, 3.63) is 94.0 Å². The lowest BCUT2D eigenvalue weighted by molar-refractivity contribution is -0.139. The van der Waals surface area contributed by atoms with Crippen LogP contribution in [0, 0.1) is 13.8 Å². The summed E-state index contributed by atoms with van der Waals surface area (Å²) in [6.07, 6.45) is 0. The van der Waals surface area contributed by atoms with E-state index in [4.69, 9.17) is 0 Å². The lowest BCUT2D eigenvalue weighted by atomic mass is 10.1. The third-order valence-electron chi connectivity index (χ3n) is 5.78. The van der Waals surface area contributed by atoms with E-state index < -0.39 is 28.5 Å². The van der Waals surface area contributed by atoms with Crippen molar-refractivity contribution in [2.75, 3.05) is 17.9 Å². The fraction of sp³-hybridized carbons (Fsp3) is 0.259. The molecule has 0 saturated carbocycles. The molecular weight excluding hydrogens is 542 g/mol. The van der Waals surface area contributed by atoms with Crippen molar-refractivity contribution in [3.8, 4) is 0 Å². The molecule has 0 aromatic heterocycles. The van der Waals surface area contributed by atoms with Gasteiger partial charge in [-0.3, -0.25) is 13.9 Å². The van der Waals surface area contributed by atoms with Gasteiger partial charge in [-0.1, -0.05) is 52.3 Å². The number of nitrogens with zero attached hydrogens (tertiary/aromatic N) is 2. The minimum Gasteiger partial charge on any atom is -0.357 e. The number of halogens is 1. The number of nitrogens with one attached hydrogen (secondary N) is 1. The Morgan fingerprint density at radius 3 is 2.08 bits per heavy atom. The Kier molecular flexibility index (Phi) is 8.92. The average molecular weight is 573 g/mol. The highest BCUT2D eigenvalue weighted by Gasteiger charge is 2.32. The van der Waals surface area contributed by atoms with Gasteiger partial charge in [0, 0.05) is 18.1 Å². The van der Waals surface area contributed by atoms with Crippen LogP contribution < -0.4 is 9.62 Å². The third kappa shape index (κ3) is 6.53. The summed E-state index contributed by atoms with van der Waals surface area (Å²) in [6.45, 7) is 5.06. The molecule has 0 aliphatic heterocycles. The van der Waals surface area contributed by atoms with Crippen molar-refractivity contribution in [2.45, 2.75) is 38.3 Å². The van der Waals surface area contributed by atoms with Crippen LogP contribution in [-0.4, -0.2) is 44.8 Å². The Balaban J connectivity index is 2.05. The van der Waals surface area contributed by atoms with E-state index in [0.717, 1.165) is 25.5 Å². The van der Waals surface area contributed by atoms with Gasteiger partial charge in [0.25, 0.3) is 10.0 Å². The normalized spacial score (nSPS) is 12.0. The summed E-state index contributed by atoms with van der Waals surface area (Å²) >= 11 is 3.40. The van der Waals surface area contributed by atoms with Gasteiger partial charge >= 0.3 is 0 Å². The SMILES string of the molecule is CNC(=O)[C@H](C)N(Cc1ccc(Br)cc1)C(=O)CN(c1cc(C)cc(C)c1)S(=O)(=O)c1ccccc1. The van der Waals surface area contributed by atoms with Crippen molar-refractivity contribution in [3.63, 3.8) is 0 Å². The van der Waals surface area contributed by atoms with Crippen molar-refractivity contribution in [1.82, 2.24) is 10.2 Å². The molecule has 1 N–H and O–H groups in total. The first kappa shape index (κ1) is 27.4. The molecule has 190 valence electrons. The summed E-state index contributed by atoms with van der Waals surface area (Å²) in [5.74, 6) is -0.836. The minimum absolute atomic E-state index is 0.0794. The lowest BCUT2D eigenvalue weighted by Gasteiger charge is -2.32. The number of anilines is 1. The number of sulfonamides is 1. The van der Waals surface area contributed by atoms with Crippen LogP contribution in [0.1, 0.15) is 23.6 Å². The zero-order valence-corrected chi connectivity index (χ0v) is 23.1. The molecule has 0 aliphatic carbocycles. The predicted octanol–water partition coefficient (Wildman–Crippen LogP) is 4.42. The van der Waals surface area contributed by atoms with Crippen LogP contribution in [0.3, 0.4) is 0 Å². The van der Waals surface area contributed by atoms with Gasteiger partial charge in [-0.05, 0) is 73.9 Å². The molecule has 36 heavy (non-hydrogen) atoms. The minimum atomic E-state index is -4.07. The van der Waals surface area contributed by atoms with Gasteiger partial charge in [0.1, 0.15) is 12.6 Å². The van der Waals surface area contributed by atoms with Crippen molar-refractivity contribution < 1.29 is 18.0 Å². The molecule has 0 saturated heterocycles. The predicted molar refractivity (Wildman–Crippen MR) is 145 cm³/mol. The van der Waals surface area contributed by atoms with E-state index in [0.29, 0.717) is 5.69 Å². The van der Waals surface area contributed by atoms with E-state index >= 15 is 0 Å². The van der Waals surface area contributed by atoms with Crippen LogP contribution in [0.2, 0.25) is 0 Å². The van der Waals surface area contributed by atoms with Crippen LogP contribution in [0.25, 0.3) is 0 Å². The van der Waals surface area contributed by atoms with Gasteiger partial charge in [-0.25, -0.2) is 8.42 Å². The first-order valence-electron chi connectivity index (χ1n) is 11.4. The Morgan fingerprint density at radius 2 is 1.53 bits per heavy atom. The zero-order valence-electron chi connectivity index (χ0n) is 20.7. The lowest BCUT2D eigenvalue weighted by Crippen LogP contribution is -2.50. The molecule has 0 radical (unpaired) electrons. The summed E-state index contributed by atoms with van der Waals surface area (Å²) in [6, 6.07) is 20.0. The van der Waals surface area contributed by atoms with Crippen LogP contribution in [-0.2, 0) is 26.2 Å². The van der Waals surface area contributed by atoms with Gasteiger partial charge in [-0.2, -0.15) is 0 Å². The number of amides is 2. The van der Waals surface area contributed by atoms with Crippen LogP contribution in [0.5, 0.6) is 0 Å². The number of hydrogen-bond acceptors (Lipinski definition) is 4. The maximum atomic E-state index is 13.7. The van der Waals surface area contributed by atoms with Crippen LogP contribution in [0.15, 0.2) is 82.2 Å². The second-order valence-corrected chi connectivity index (χ2v) is 11.4. The van der Waals surface area contributed by atoms with E-state index in [9.17, 15) is 18.0 Å². The molecule has 2 amide bonds. The Morgan fingerprint density at radius 1 is 0.944 bits per heavy atom. The van der Waals surface area contributed by atoms with Gasteiger partial charge in [0.15, 0.2) is 0 Å². The number of likely N-dealkylation sites (N-methyl/N-ethyl adjacent to an activating group) is 1. The number of hydrogen-bond donors (Lipinski definition) is 1. The molecular formula is C27H30BrN3O4S. The first-order valence-corrected chi connectivity index (χ1v) is 13.7. The summed E-state index contributed by atoms with van der Waals surface area (Å²) in [5.41, 5.74) is 2.94. The molecule has 3 rings (SSSR count). The fourth-order valence-corrected chi connectivity index (χ4v) is 5.60. The maximum Gasteiger partial charge on any atom is 0.264 e. The van der Waals surface area contributed by atoms with Crippen LogP contribution >= 0.6 is 15.9 Å². The number of carbonyl (C=O) groups excluding carboxylic acids is 2. The number of rotatable bonds is 9. The van der Waals surface area contributed by atoms with Crippen molar-refractivity contribution in [2.24, 2.45) is 0 Å². The molecule has 0 aliphatic rings. The third-order valence-corrected chi connectivity index (χ3v) is 8.10. The Bertz CT molecular complexity index is 1310. The first-order chi connectivity index (χ1) is 17.0. The fourth-order valence-electron chi connectivity index (χ4n) is 3.92. The largest absolute Gasteiger partial charge is 0.357 e. The van der Waals surface area contributed by atoms with E-state index in [1.54, 1.807) is 37.3 Å². The number of aryl methyl sites for hydroxylation is 2. The van der Waals surface area contributed by atoms with Gasteiger partial charge in [0.05, 0.1) is 10.6 Å². The van der Waals surface area contributed by atoms with Gasteiger partial charge in [0.2, 0.25) is 11.8 Å². The molecule has 1 atom stereocenters. The van der Waals surface area contributed by atoms with Crippen LogP contribution in [0.4, 0.5) is 5.69 Å². The molecule has 3 aromatic carbocycles. The molecule has 0 spiro atoms. The highest BCUT2D eigenvalue weighted by atomic mass is 79.9. The summed E-state index contributed by atoms with van der Waals surface area (Å²) in [5, 5.41) is 2.58. The molecule has 0 heterocycles. The quantitative estimate of drug-likeness (QED) is 0.411. The summed E-state index contributed by atoms with van der Waals surface area (Å²) < 4.78 is 29.5. The number of carbonyl (C=O) groups is 2. The zero-order chi connectivity index (χ0) is 26.5. The van der Waals surface area contributed by atoms with Gasteiger partial charge < -0.3 is 10.2 Å². The van der Waals surface area contributed by atoms with Gasteiger partial charge in [-0.15, -0.1) is 0 Å². The molecule has 7 nitrogen and oxygen atoms in total. The van der Waals surface area contributed by atoms with E-state index in [1.807, 2.05) is 44.2 Å². The molecule has 0 unspecified atom stereocenters. The summed E-state index contributed by atoms with van der Waals surface area (Å²) in [4.78, 5) is 27.7.